The average Bonchev–Trinajstić information content (AvgIpc) is 2.83. The molecule has 0 fully saturated rings. The smallest absolute Gasteiger partial charge is 0.102 e. The molecule has 3 aromatic rings. The Kier molecular flexibility index (Phi) is 24.2. The summed E-state index contributed by atoms with van der Waals surface area (Å²) in [6.45, 7) is 8.55. The Balaban J connectivity index is 0. The van der Waals surface area contributed by atoms with Crippen LogP contribution < -0.4 is 71.3 Å². The predicted octanol–water partition coefficient (Wildman–Crippen LogP) is -10.8. The molecular formula is C28H46Cl4N4. The lowest BCUT2D eigenvalue weighted by Gasteiger charge is -2.11. The fourth-order valence-corrected chi connectivity index (χ4v) is 4.66. The number of halogens is 4. The fourth-order valence-electron chi connectivity index (χ4n) is 4.66. The van der Waals surface area contributed by atoms with Gasteiger partial charge in [0.25, 0.3) is 0 Å². The van der Waals surface area contributed by atoms with Crippen LogP contribution >= 0.6 is 0 Å². The molecule has 36 heavy (non-hydrogen) atoms. The van der Waals surface area contributed by atoms with Crippen molar-refractivity contribution in [3.05, 3.63) is 60.2 Å². The summed E-state index contributed by atoms with van der Waals surface area (Å²) in [5.74, 6) is 0. The van der Waals surface area contributed by atoms with Crippen LogP contribution in [0.5, 0.6) is 0 Å². The van der Waals surface area contributed by atoms with Crippen LogP contribution in [0.2, 0.25) is 0 Å². The summed E-state index contributed by atoms with van der Waals surface area (Å²) in [5, 5.41) is 13.0. The van der Waals surface area contributed by atoms with Crippen molar-refractivity contribution in [1.82, 2.24) is 0 Å². The van der Waals surface area contributed by atoms with E-state index in [1.54, 1.807) is 0 Å². The molecule has 0 unspecified atom stereocenters. The second-order valence-corrected chi connectivity index (χ2v) is 9.14. The maximum absolute atomic E-state index is 3.90. The molecule has 0 radical (unpaired) electrons. The van der Waals surface area contributed by atoms with E-state index < -0.39 is 0 Å². The van der Waals surface area contributed by atoms with Crippen molar-refractivity contribution in [2.45, 2.75) is 51.5 Å². The van der Waals surface area contributed by atoms with Crippen molar-refractivity contribution in [2.24, 2.45) is 0 Å². The first-order valence-corrected chi connectivity index (χ1v) is 13.0. The molecule has 4 nitrogen and oxygen atoms in total. The van der Waals surface area contributed by atoms with Crippen LogP contribution in [0.1, 0.15) is 50.5 Å². The van der Waals surface area contributed by atoms with Gasteiger partial charge in [0.2, 0.25) is 0 Å². The van der Waals surface area contributed by atoms with E-state index in [2.05, 4.69) is 76.3 Å². The van der Waals surface area contributed by atoms with E-state index in [0.717, 1.165) is 13.1 Å². The molecule has 0 amide bonds. The van der Waals surface area contributed by atoms with Crippen LogP contribution in [0, 0.1) is 0 Å². The number of nitrogens with two attached hydrogens (primary N) is 3. The molecule has 9 N–H and O–H groups in total. The molecule has 0 aromatic heterocycles. The maximum Gasteiger partial charge on any atom is 0.102 e. The van der Waals surface area contributed by atoms with Gasteiger partial charge in [-0.2, -0.15) is 0 Å². The summed E-state index contributed by atoms with van der Waals surface area (Å²) < 4.78 is 0. The lowest BCUT2D eigenvalue weighted by Crippen LogP contribution is -3.00. The first-order chi connectivity index (χ1) is 15.9. The Bertz CT molecular complexity index is 872. The minimum Gasteiger partial charge on any atom is -1.00 e. The van der Waals surface area contributed by atoms with Gasteiger partial charge in [0, 0.05) is 31.2 Å². The van der Waals surface area contributed by atoms with E-state index in [1.165, 1.54) is 105 Å². The summed E-state index contributed by atoms with van der Waals surface area (Å²) in [5.41, 5.74) is 5.39. The van der Waals surface area contributed by atoms with E-state index in [9.17, 15) is 0 Å². The van der Waals surface area contributed by atoms with Gasteiger partial charge >= 0.3 is 0 Å². The van der Waals surface area contributed by atoms with E-state index in [-0.39, 0.29) is 49.6 Å². The Labute approximate surface area is 243 Å². The van der Waals surface area contributed by atoms with Crippen LogP contribution in [-0.4, -0.2) is 39.3 Å². The van der Waals surface area contributed by atoms with Crippen molar-refractivity contribution in [2.75, 3.05) is 39.3 Å². The minimum absolute atomic E-state index is 0. The van der Waals surface area contributed by atoms with E-state index in [4.69, 9.17) is 0 Å². The third-order valence-electron chi connectivity index (χ3n) is 6.52. The molecule has 206 valence electrons. The Hall–Kier alpha value is -0.820. The minimum atomic E-state index is 0. The third kappa shape index (κ3) is 13.1. The van der Waals surface area contributed by atoms with Gasteiger partial charge in [-0.1, -0.05) is 48.5 Å². The van der Waals surface area contributed by atoms with Crippen LogP contribution in [0.25, 0.3) is 21.5 Å². The zero-order valence-corrected chi connectivity index (χ0v) is 24.6. The highest BCUT2D eigenvalue weighted by Gasteiger charge is 2.08. The molecule has 0 aliphatic rings. The number of fused-ring (bicyclic) bond motifs is 2. The van der Waals surface area contributed by atoms with Crippen LogP contribution in [0.15, 0.2) is 54.6 Å². The summed E-state index contributed by atoms with van der Waals surface area (Å²) in [4.78, 5) is 0. The van der Waals surface area contributed by atoms with Crippen LogP contribution in [0.3, 0.4) is 0 Å². The molecule has 0 aliphatic carbocycles. The van der Waals surface area contributed by atoms with Gasteiger partial charge in [0.05, 0.1) is 39.3 Å². The highest BCUT2D eigenvalue weighted by atomic mass is 35.5. The topological polar surface area (TPSA) is 77.5 Å². The van der Waals surface area contributed by atoms with Gasteiger partial charge in [-0.25, -0.2) is 0 Å². The quantitative estimate of drug-likeness (QED) is 0.0906. The molecule has 0 aliphatic heterocycles. The predicted molar refractivity (Wildman–Crippen MR) is 135 cm³/mol. The number of benzene rings is 3. The normalized spacial score (nSPS) is 10.2. The van der Waals surface area contributed by atoms with E-state index in [0.29, 0.717) is 0 Å². The molecule has 8 heteroatoms. The Morgan fingerprint density at radius 2 is 0.917 bits per heavy atom. The van der Waals surface area contributed by atoms with Crippen molar-refractivity contribution >= 4 is 21.5 Å². The SMILES string of the molecule is [Cl-].[Cl-].[Cl-].[Cl-].[NH3+]CCCC[NH2+]CCCC[NH2+]CCCCC[NH2+]Cc1c2ccccc2cc2ccccc12. The zero-order valence-electron chi connectivity index (χ0n) is 21.5. The summed E-state index contributed by atoms with van der Waals surface area (Å²) in [7, 11) is 0. The number of quaternary nitrogens is 4. The molecule has 0 atom stereocenters. The van der Waals surface area contributed by atoms with Gasteiger partial charge in [-0.05, 0) is 46.9 Å². The molecule has 0 saturated carbocycles. The number of hydrogen-bond donors (Lipinski definition) is 4. The molecular weight excluding hydrogens is 534 g/mol. The van der Waals surface area contributed by atoms with Gasteiger partial charge in [0.15, 0.2) is 0 Å². The van der Waals surface area contributed by atoms with Crippen molar-refractivity contribution < 1.29 is 71.3 Å². The van der Waals surface area contributed by atoms with Gasteiger partial charge < -0.3 is 71.3 Å². The molecule has 0 spiro atoms. The first-order valence-electron chi connectivity index (χ1n) is 13.0. The molecule has 0 saturated heterocycles. The number of unbranched alkanes of at least 4 members (excludes halogenated alkanes) is 4. The van der Waals surface area contributed by atoms with E-state index in [1.807, 2.05) is 0 Å². The molecule has 0 bridgehead atoms. The van der Waals surface area contributed by atoms with Gasteiger partial charge in [-0.15, -0.1) is 0 Å². The molecule has 3 rings (SSSR count). The lowest BCUT2D eigenvalue weighted by molar-refractivity contribution is -0.671. The second kappa shape index (κ2) is 23.3. The summed E-state index contributed by atoms with van der Waals surface area (Å²) in [6.07, 6.45) is 9.34. The first kappa shape index (κ1) is 37.3. The summed E-state index contributed by atoms with van der Waals surface area (Å²) in [6, 6.07) is 20.0. The Morgan fingerprint density at radius 1 is 0.500 bits per heavy atom. The second-order valence-electron chi connectivity index (χ2n) is 9.14. The van der Waals surface area contributed by atoms with Gasteiger partial charge in [0.1, 0.15) is 6.54 Å². The monoisotopic (exact) mass is 578 g/mol. The third-order valence-corrected chi connectivity index (χ3v) is 6.52. The highest BCUT2D eigenvalue weighted by Crippen LogP contribution is 2.27. The lowest BCUT2D eigenvalue weighted by atomic mass is 9.97. The summed E-state index contributed by atoms with van der Waals surface area (Å²) >= 11 is 0. The molecule has 0 heterocycles. The number of rotatable bonds is 17. The average molecular weight is 581 g/mol. The van der Waals surface area contributed by atoms with Gasteiger partial charge in [-0.3, -0.25) is 0 Å². The van der Waals surface area contributed by atoms with Crippen LogP contribution in [0.4, 0.5) is 0 Å². The number of hydrogen-bond acceptors (Lipinski definition) is 0. The Morgan fingerprint density at radius 3 is 1.42 bits per heavy atom. The largest absolute Gasteiger partial charge is 1.00 e. The van der Waals surface area contributed by atoms with Crippen molar-refractivity contribution in [3.63, 3.8) is 0 Å². The highest BCUT2D eigenvalue weighted by molar-refractivity contribution is 6.02. The van der Waals surface area contributed by atoms with Crippen molar-refractivity contribution in [3.8, 4) is 0 Å². The van der Waals surface area contributed by atoms with E-state index >= 15 is 0 Å². The fraction of sp³-hybridized carbons (Fsp3) is 0.500. The standard InChI is InChI=1S/C28H42N4.4ClH/c29-16-6-9-18-31-20-11-10-19-30-17-7-1-8-21-32-23-28-26-14-4-2-12-24(26)22-25-13-3-5-15-27(25)28;;;;/h2-5,12-15,22,30-32H,1,6-11,16-21,23,29H2;4*1H. The zero-order chi connectivity index (χ0) is 22.3. The molecule has 3 aromatic carbocycles. The van der Waals surface area contributed by atoms with Crippen LogP contribution in [-0.2, 0) is 6.54 Å². The maximum atomic E-state index is 3.90. The van der Waals surface area contributed by atoms with Crippen molar-refractivity contribution in [1.29, 1.82) is 0 Å².